The maximum absolute atomic E-state index is 9.34. The number of aliphatic hydroxyl groups excluding tert-OH is 1. The van der Waals surface area contributed by atoms with Crippen LogP contribution in [0.3, 0.4) is 0 Å². The van der Waals surface area contributed by atoms with Gasteiger partial charge in [0.15, 0.2) is 0 Å². The van der Waals surface area contributed by atoms with Gasteiger partial charge in [0.25, 0.3) is 0 Å². The van der Waals surface area contributed by atoms with Crippen LogP contribution in [0.25, 0.3) is 0 Å². The van der Waals surface area contributed by atoms with Gasteiger partial charge in [-0.1, -0.05) is 23.7 Å². The monoisotopic (exact) mass is 188 g/mol. The molecule has 1 nitrogen and oxygen atoms in total. The number of hydrogen-bond acceptors (Lipinski definition) is 2. The lowest BCUT2D eigenvalue weighted by Gasteiger charge is -2.06. The molecule has 1 aromatic carbocycles. The molecule has 60 valence electrons. The topological polar surface area (TPSA) is 20.2 Å². The Bertz CT molecular complexity index is 222. The molecular weight excluding hydrogens is 180 g/mol. The highest BCUT2D eigenvalue weighted by molar-refractivity contribution is 7.98. The third-order valence-electron chi connectivity index (χ3n) is 1.38. The molecule has 11 heavy (non-hydrogen) atoms. The smallest absolute Gasteiger partial charge is 0.124 e. The van der Waals surface area contributed by atoms with Crippen molar-refractivity contribution >= 4 is 23.4 Å². The molecule has 0 saturated carbocycles. The van der Waals surface area contributed by atoms with E-state index in [2.05, 4.69) is 0 Å². The van der Waals surface area contributed by atoms with E-state index in [1.165, 1.54) is 11.8 Å². The lowest BCUT2D eigenvalue weighted by atomic mass is 10.2. The van der Waals surface area contributed by atoms with Gasteiger partial charge in [-0.05, 0) is 24.0 Å². The van der Waals surface area contributed by atoms with E-state index in [1.807, 2.05) is 18.4 Å². The van der Waals surface area contributed by atoms with Gasteiger partial charge in [-0.3, -0.25) is 0 Å². The van der Waals surface area contributed by atoms with Gasteiger partial charge in [0.2, 0.25) is 0 Å². The van der Waals surface area contributed by atoms with Crippen LogP contribution in [0.4, 0.5) is 0 Å². The molecule has 0 aliphatic carbocycles. The molecule has 1 rings (SSSR count). The average molecular weight is 189 g/mol. The van der Waals surface area contributed by atoms with E-state index >= 15 is 0 Å². The van der Waals surface area contributed by atoms with E-state index in [-0.39, 0.29) is 0 Å². The van der Waals surface area contributed by atoms with Crippen molar-refractivity contribution in [1.29, 1.82) is 0 Å². The predicted octanol–water partition coefficient (Wildman–Crippen LogP) is 2.69. The van der Waals surface area contributed by atoms with Crippen molar-refractivity contribution in [2.45, 2.75) is 5.44 Å². The minimum Gasteiger partial charge on any atom is -0.378 e. The SMILES string of the molecule is CS[C@@H](O)c1ccc(Cl)cc1. The maximum atomic E-state index is 9.34. The highest BCUT2D eigenvalue weighted by Crippen LogP contribution is 2.23. The number of thioether (sulfide) groups is 1. The Labute approximate surface area is 75.4 Å². The molecule has 3 heteroatoms. The van der Waals surface area contributed by atoms with Crippen LogP contribution in [0.15, 0.2) is 24.3 Å². The van der Waals surface area contributed by atoms with Gasteiger partial charge in [0.05, 0.1) is 0 Å². The quantitative estimate of drug-likeness (QED) is 0.721. The number of halogens is 1. The van der Waals surface area contributed by atoms with E-state index in [4.69, 9.17) is 11.6 Å². The van der Waals surface area contributed by atoms with Crippen LogP contribution in [0.2, 0.25) is 5.02 Å². The van der Waals surface area contributed by atoms with Crippen molar-refractivity contribution in [1.82, 2.24) is 0 Å². The van der Waals surface area contributed by atoms with Crippen molar-refractivity contribution in [2.75, 3.05) is 6.26 Å². The number of rotatable bonds is 2. The summed E-state index contributed by atoms with van der Waals surface area (Å²) in [6.07, 6.45) is 1.86. The van der Waals surface area contributed by atoms with Gasteiger partial charge in [-0.25, -0.2) is 0 Å². The molecule has 1 aromatic rings. The molecule has 0 aliphatic rings. The minimum atomic E-state index is -0.438. The fourth-order valence-corrected chi connectivity index (χ4v) is 1.32. The Balaban J connectivity index is 2.81. The molecule has 0 saturated heterocycles. The molecule has 0 aliphatic heterocycles. The maximum Gasteiger partial charge on any atom is 0.124 e. The first kappa shape index (κ1) is 8.91. The second-order valence-electron chi connectivity index (χ2n) is 2.14. The van der Waals surface area contributed by atoms with Crippen molar-refractivity contribution in [3.63, 3.8) is 0 Å². The lowest BCUT2D eigenvalue weighted by Crippen LogP contribution is -1.89. The Hall–Kier alpha value is -0.180. The molecule has 1 atom stereocenters. The summed E-state index contributed by atoms with van der Waals surface area (Å²) >= 11 is 7.07. The molecule has 0 amide bonds. The van der Waals surface area contributed by atoms with Gasteiger partial charge in [0.1, 0.15) is 5.44 Å². The summed E-state index contributed by atoms with van der Waals surface area (Å²) in [6.45, 7) is 0. The zero-order valence-corrected chi connectivity index (χ0v) is 7.69. The van der Waals surface area contributed by atoms with Gasteiger partial charge < -0.3 is 5.11 Å². The van der Waals surface area contributed by atoms with Gasteiger partial charge in [0, 0.05) is 5.02 Å². The van der Waals surface area contributed by atoms with Gasteiger partial charge in [-0.15, -0.1) is 11.8 Å². The molecular formula is C8H9ClOS. The third-order valence-corrected chi connectivity index (χ3v) is 2.35. The highest BCUT2D eigenvalue weighted by atomic mass is 35.5. The van der Waals surface area contributed by atoms with E-state index in [1.54, 1.807) is 12.1 Å². The average Bonchev–Trinajstić information content (AvgIpc) is 2.05. The first-order valence-electron chi connectivity index (χ1n) is 3.20. The van der Waals surface area contributed by atoms with Crippen molar-refractivity contribution in [2.24, 2.45) is 0 Å². The van der Waals surface area contributed by atoms with Crippen LogP contribution >= 0.6 is 23.4 Å². The first-order valence-corrected chi connectivity index (χ1v) is 4.87. The van der Waals surface area contributed by atoms with Crippen LogP contribution in [0.5, 0.6) is 0 Å². The zero-order valence-electron chi connectivity index (χ0n) is 6.12. The molecule has 0 unspecified atom stereocenters. The second kappa shape index (κ2) is 4.00. The first-order chi connectivity index (χ1) is 5.24. The molecule has 1 N–H and O–H groups in total. The molecule has 0 fully saturated rings. The summed E-state index contributed by atoms with van der Waals surface area (Å²) in [7, 11) is 0. The summed E-state index contributed by atoms with van der Waals surface area (Å²) in [5.41, 5.74) is 0.453. The zero-order chi connectivity index (χ0) is 8.27. The van der Waals surface area contributed by atoms with Crippen molar-refractivity contribution in [3.8, 4) is 0 Å². The highest BCUT2D eigenvalue weighted by Gasteiger charge is 2.03. The number of aliphatic hydroxyl groups is 1. The third kappa shape index (κ3) is 2.40. The normalized spacial score (nSPS) is 13.0. The molecule has 0 spiro atoms. The largest absolute Gasteiger partial charge is 0.378 e. The molecule has 0 bridgehead atoms. The summed E-state index contributed by atoms with van der Waals surface area (Å²) in [5, 5.41) is 10.0. The Kier molecular flexibility index (Phi) is 3.24. The summed E-state index contributed by atoms with van der Waals surface area (Å²) < 4.78 is 0. The Morgan fingerprint density at radius 3 is 2.36 bits per heavy atom. The Morgan fingerprint density at radius 1 is 1.36 bits per heavy atom. The molecule has 0 aromatic heterocycles. The van der Waals surface area contributed by atoms with E-state index in [0.717, 1.165) is 5.56 Å². The van der Waals surface area contributed by atoms with E-state index < -0.39 is 5.44 Å². The minimum absolute atomic E-state index is 0.438. The van der Waals surface area contributed by atoms with Gasteiger partial charge in [-0.2, -0.15) is 0 Å². The van der Waals surface area contributed by atoms with E-state index in [0.29, 0.717) is 5.02 Å². The van der Waals surface area contributed by atoms with Crippen LogP contribution < -0.4 is 0 Å². The van der Waals surface area contributed by atoms with E-state index in [9.17, 15) is 5.11 Å². The lowest BCUT2D eigenvalue weighted by molar-refractivity contribution is 0.270. The number of benzene rings is 1. The number of hydrogen-bond donors (Lipinski definition) is 1. The summed E-state index contributed by atoms with van der Waals surface area (Å²) in [4.78, 5) is 0. The standard InChI is InChI=1S/C8H9ClOS/c1-11-8(10)6-2-4-7(9)5-3-6/h2-5,8,10H,1H3/t8-/m1/s1. The van der Waals surface area contributed by atoms with Crippen LogP contribution in [0.1, 0.15) is 11.0 Å². The second-order valence-corrected chi connectivity index (χ2v) is 3.49. The summed E-state index contributed by atoms with van der Waals surface area (Å²) in [5.74, 6) is 0. The molecule has 0 radical (unpaired) electrons. The fourth-order valence-electron chi connectivity index (χ4n) is 0.763. The predicted molar refractivity (Wildman–Crippen MR) is 49.9 cm³/mol. The Morgan fingerprint density at radius 2 is 1.91 bits per heavy atom. The van der Waals surface area contributed by atoms with Crippen LogP contribution in [0, 0.1) is 0 Å². The fraction of sp³-hybridized carbons (Fsp3) is 0.250. The molecule has 0 heterocycles. The van der Waals surface area contributed by atoms with Crippen LogP contribution in [-0.2, 0) is 0 Å². The van der Waals surface area contributed by atoms with Crippen LogP contribution in [-0.4, -0.2) is 11.4 Å². The van der Waals surface area contributed by atoms with Crippen molar-refractivity contribution in [3.05, 3.63) is 34.9 Å². The van der Waals surface area contributed by atoms with Gasteiger partial charge >= 0.3 is 0 Å². The summed E-state index contributed by atoms with van der Waals surface area (Å²) in [6, 6.07) is 7.19. The van der Waals surface area contributed by atoms with Crippen molar-refractivity contribution < 1.29 is 5.11 Å².